The van der Waals surface area contributed by atoms with Crippen LogP contribution in [0.25, 0.3) is 0 Å². The molecule has 8 nitrogen and oxygen atoms in total. The van der Waals surface area contributed by atoms with Gasteiger partial charge >= 0.3 is 5.69 Å². The highest BCUT2D eigenvalue weighted by molar-refractivity contribution is 6.10. The molecule has 1 heterocycles. The van der Waals surface area contributed by atoms with E-state index < -0.39 is 28.6 Å². The largest absolute Gasteiger partial charge is 0.490 e. The normalized spacial score (nSPS) is 17.1. The average Bonchev–Trinajstić information content (AvgIpc) is 3.01. The highest BCUT2D eigenvalue weighted by atomic mass is 16.6. The molecule has 1 amide bonds. The number of nitrogens with zero attached hydrogens (tertiary/aromatic N) is 2. The lowest BCUT2D eigenvalue weighted by Gasteiger charge is -2.23. The molecule has 0 spiro atoms. The molecule has 1 atom stereocenters. The van der Waals surface area contributed by atoms with Crippen molar-refractivity contribution in [2.45, 2.75) is 25.5 Å². The van der Waals surface area contributed by atoms with Gasteiger partial charge in [0, 0.05) is 17.2 Å². The molecule has 8 heteroatoms. The van der Waals surface area contributed by atoms with E-state index in [1.165, 1.54) is 24.1 Å². The number of anilines is 1. The topological polar surface area (TPSA) is 110 Å². The van der Waals surface area contributed by atoms with E-state index >= 15 is 0 Å². The third-order valence-corrected chi connectivity index (χ3v) is 5.94. The number of amides is 1. The second-order valence-corrected chi connectivity index (χ2v) is 7.94. The zero-order valence-corrected chi connectivity index (χ0v) is 18.1. The molecule has 0 aliphatic carbocycles. The monoisotopic (exact) mass is 446 g/mol. The smallest absolute Gasteiger partial charge is 0.311 e. The summed E-state index contributed by atoms with van der Waals surface area (Å²) < 4.78 is 4.98. The van der Waals surface area contributed by atoms with Crippen molar-refractivity contribution in [2.24, 2.45) is 0 Å². The van der Waals surface area contributed by atoms with Gasteiger partial charge in [0.15, 0.2) is 17.1 Å². The fourth-order valence-electron chi connectivity index (χ4n) is 4.13. The van der Waals surface area contributed by atoms with Crippen molar-refractivity contribution in [3.8, 4) is 5.75 Å². The molecule has 1 N–H and O–H groups in total. The number of fused-ring (bicyclic) bond motifs is 1. The molecule has 3 aromatic carbocycles. The molecule has 0 aromatic heterocycles. The van der Waals surface area contributed by atoms with Crippen LogP contribution in [0.4, 0.5) is 11.4 Å². The van der Waals surface area contributed by atoms with Crippen molar-refractivity contribution in [2.75, 3.05) is 12.0 Å². The lowest BCUT2D eigenvalue weighted by atomic mass is 9.88. The van der Waals surface area contributed by atoms with Crippen molar-refractivity contribution < 1.29 is 24.4 Å². The van der Waals surface area contributed by atoms with Gasteiger partial charge in [-0.2, -0.15) is 0 Å². The molecule has 1 aliphatic rings. The zero-order valence-electron chi connectivity index (χ0n) is 18.1. The third-order valence-electron chi connectivity index (χ3n) is 5.94. The number of nitro groups is 1. The Labute approximate surface area is 190 Å². The molecule has 1 aliphatic heterocycles. The third kappa shape index (κ3) is 3.85. The van der Waals surface area contributed by atoms with E-state index in [4.69, 9.17) is 4.74 Å². The second-order valence-electron chi connectivity index (χ2n) is 7.94. The number of methoxy groups -OCH3 is 1. The number of hydrogen-bond donors (Lipinski definition) is 1. The minimum absolute atomic E-state index is 0.0126. The van der Waals surface area contributed by atoms with Crippen LogP contribution in [0.3, 0.4) is 0 Å². The van der Waals surface area contributed by atoms with Crippen LogP contribution in [0.15, 0.2) is 66.7 Å². The van der Waals surface area contributed by atoms with E-state index in [0.29, 0.717) is 11.3 Å². The van der Waals surface area contributed by atoms with Crippen LogP contribution in [0, 0.1) is 17.0 Å². The maximum Gasteiger partial charge on any atom is 0.311 e. The number of rotatable bonds is 7. The molecular weight excluding hydrogens is 424 g/mol. The number of carbonyl (C=O) groups is 2. The Bertz CT molecular complexity index is 1270. The summed E-state index contributed by atoms with van der Waals surface area (Å²) in [7, 11) is 1.30. The Morgan fingerprint density at radius 2 is 1.82 bits per heavy atom. The molecule has 168 valence electrons. The summed E-state index contributed by atoms with van der Waals surface area (Å²) in [4.78, 5) is 38.7. The maximum absolute atomic E-state index is 13.4. The van der Waals surface area contributed by atoms with E-state index in [0.717, 1.165) is 17.2 Å². The molecule has 0 saturated heterocycles. The van der Waals surface area contributed by atoms with Gasteiger partial charge in [-0.05, 0) is 36.2 Å². The predicted molar refractivity (Wildman–Crippen MR) is 121 cm³/mol. The average molecular weight is 446 g/mol. The summed E-state index contributed by atoms with van der Waals surface area (Å²) in [6.07, 6.45) is -0.545. The molecule has 0 bridgehead atoms. The Kier molecular flexibility index (Phi) is 5.69. The summed E-state index contributed by atoms with van der Waals surface area (Å²) in [5.41, 5.74) is 0.349. The number of aliphatic hydroxyl groups is 1. The van der Waals surface area contributed by atoms with Gasteiger partial charge in [0.25, 0.3) is 5.91 Å². The number of benzene rings is 3. The van der Waals surface area contributed by atoms with E-state index in [2.05, 4.69) is 0 Å². The first-order chi connectivity index (χ1) is 15.8. The molecule has 0 radical (unpaired) electrons. The Hall–Kier alpha value is -4.04. The number of ether oxygens (including phenoxy) is 1. The van der Waals surface area contributed by atoms with Crippen LogP contribution in [0.2, 0.25) is 0 Å². The Morgan fingerprint density at radius 3 is 2.52 bits per heavy atom. The summed E-state index contributed by atoms with van der Waals surface area (Å²) in [6.45, 7) is 2.18. The number of carbonyl (C=O) groups excluding carboxylic acids is 2. The molecule has 3 aromatic rings. The number of para-hydroxylation sites is 1. The van der Waals surface area contributed by atoms with Gasteiger partial charge in [0.2, 0.25) is 0 Å². The van der Waals surface area contributed by atoms with Crippen LogP contribution in [-0.4, -0.2) is 28.8 Å². The number of ketones is 1. The summed E-state index contributed by atoms with van der Waals surface area (Å²) in [6, 6.07) is 18.2. The van der Waals surface area contributed by atoms with E-state index in [1.807, 2.05) is 31.2 Å². The van der Waals surface area contributed by atoms with Gasteiger partial charge in [0.1, 0.15) is 0 Å². The summed E-state index contributed by atoms with van der Waals surface area (Å²) >= 11 is 0. The quantitative estimate of drug-likeness (QED) is 0.335. The standard InChI is InChI=1S/C25H22N2O6/c1-16-7-3-4-8-18(16)15-26-20-10-6-5-9-19(20)25(30,24(26)29)14-22(28)17-11-12-23(33-2)21(13-17)27(31)32/h3-13,30H,14-15H2,1-2H3. The van der Waals surface area contributed by atoms with E-state index in [1.54, 1.807) is 24.3 Å². The Balaban J connectivity index is 1.68. The van der Waals surface area contributed by atoms with Gasteiger partial charge in [-0.15, -0.1) is 0 Å². The zero-order chi connectivity index (χ0) is 23.8. The number of nitro benzene ring substituents is 1. The predicted octanol–water partition coefficient (Wildman–Crippen LogP) is 3.92. The molecular formula is C25H22N2O6. The lowest BCUT2D eigenvalue weighted by Crippen LogP contribution is -2.41. The van der Waals surface area contributed by atoms with E-state index in [-0.39, 0.29) is 23.5 Å². The molecule has 4 rings (SSSR count). The van der Waals surface area contributed by atoms with Crippen molar-refractivity contribution >= 4 is 23.1 Å². The van der Waals surface area contributed by atoms with Crippen LogP contribution in [0.5, 0.6) is 5.75 Å². The van der Waals surface area contributed by atoms with Gasteiger partial charge < -0.3 is 14.7 Å². The van der Waals surface area contributed by atoms with Crippen molar-refractivity contribution in [1.82, 2.24) is 0 Å². The molecule has 0 saturated carbocycles. The number of Topliss-reactive ketones (excluding diaryl/α,β-unsaturated/α-hetero) is 1. The SMILES string of the molecule is COc1ccc(C(=O)CC2(O)C(=O)N(Cc3ccccc3C)c3ccccc32)cc1[N+](=O)[O-]. The van der Waals surface area contributed by atoms with Gasteiger partial charge in [-0.25, -0.2) is 0 Å². The summed E-state index contributed by atoms with van der Waals surface area (Å²) in [5, 5.41) is 22.8. The minimum Gasteiger partial charge on any atom is -0.490 e. The van der Waals surface area contributed by atoms with Gasteiger partial charge in [-0.1, -0.05) is 42.5 Å². The minimum atomic E-state index is -2.08. The lowest BCUT2D eigenvalue weighted by molar-refractivity contribution is -0.385. The van der Waals surface area contributed by atoms with Crippen LogP contribution in [-0.2, 0) is 16.9 Å². The van der Waals surface area contributed by atoms with Gasteiger partial charge in [0.05, 0.1) is 30.7 Å². The summed E-state index contributed by atoms with van der Waals surface area (Å²) in [5.74, 6) is -1.19. The van der Waals surface area contributed by atoms with Crippen molar-refractivity contribution in [3.63, 3.8) is 0 Å². The first-order valence-electron chi connectivity index (χ1n) is 10.3. The fraction of sp³-hybridized carbons (Fsp3) is 0.200. The second kappa shape index (κ2) is 8.48. The molecule has 0 fully saturated rings. The van der Waals surface area contributed by atoms with Crippen LogP contribution >= 0.6 is 0 Å². The van der Waals surface area contributed by atoms with Crippen LogP contribution < -0.4 is 9.64 Å². The maximum atomic E-state index is 13.4. The Morgan fingerprint density at radius 1 is 1.12 bits per heavy atom. The van der Waals surface area contributed by atoms with Crippen LogP contribution in [0.1, 0.15) is 33.5 Å². The van der Waals surface area contributed by atoms with Crippen molar-refractivity contribution in [3.05, 3.63) is 99.1 Å². The van der Waals surface area contributed by atoms with Gasteiger partial charge in [-0.3, -0.25) is 19.7 Å². The first kappa shape index (κ1) is 22.2. The van der Waals surface area contributed by atoms with E-state index in [9.17, 15) is 24.8 Å². The first-order valence-corrected chi connectivity index (χ1v) is 10.3. The molecule has 1 unspecified atom stereocenters. The fourth-order valence-corrected chi connectivity index (χ4v) is 4.13. The highest BCUT2D eigenvalue weighted by Gasteiger charge is 2.50. The highest BCUT2D eigenvalue weighted by Crippen LogP contribution is 2.44. The number of hydrogen-bond acceptors (Lipinski definition) is 6. The number of aryl methyl sites for hydroxylation is 1. The van der Waals surface area contributed by atoms with Crippen molar-refractivity contribution in [1.29, 1.82) is 0 Å². The molecule has 33 heavy (non-hydrogen) atoms.